The Balaban J connectivity index is 2.65. The van der Waals surface area contributed by atoms with Crippen LogP contribution in [-0.2, 0) is 0 Å². The van der Waals surface area contributed by atoms with Crippen LogP contribution in [0, 0.1) is 0 Å². The van der Waals surface area contributed by atoms with Crippen LogP contribution in [0.1, 0.15) is 23.9 Å². The SMILES string of the molecule is CCC(Br)c1ccco1. The third-order valence-corrected chi connectivity index (χ3v) is 2.31. The number of hydrogen-bond donors (Lipinski definition) is 0. The van der Waals surface area contributed by atoms with Crippen LogP contribution in [0.5, 0.6) is 0 Å². The standard InChI is InChI=1S/C7H9BrO/c1-2-6(8)7-4-3-5-9-7/h3-6H,2H2,1H3. The summed E-state index contributed by atoms with van der Waals surface area (Å²) in [4.78, 5) is 0.382. The molecule has 1 heterocycles. The van der Waals surface area contributed by atoms with Crippen molar-refractivity contribution < 1.29 is 4.42 Å². The average molecular weight is 189 g/mol. The van der Waals surface area contributed by atoms with E-state index in [1.54, 1.807) is 6.26 Å². The second-order valence-electron chi connectivity index (χ2n) is 1.89. The molecule has 0 amide bonds. The molecule has 0 saturated heterocycles. The molecule has 0 N–H and O–H groups in total. The van der Waals surface area contributed by atoms with Gasteiger partial charge in [0.2, 0.25) is 0 Å². The predicted molar refractivity (Wildman–Crippen MR) is 40.7 cm³/mol. The molecule has 0 spiro atoms. The summed E-state index contributed by atoms with van der Waals surface area (Å²) in [5.74, 6) is 1.01. The van der Waals surface area contributed by atoms with E-state index in [9.17, 15) is 0 Å². The lowest BCUT2D eigenvalue weighted by molar-refractivity contribution is 0.504. The summed E-state index contributed by atoms with van der Waals surface area (Å²) in [7, 11) is 0. The molecule has 0 aliphatic heterocycles. The van der Waals surface area contributed by atoms with Crippen molar-refractivity contribution in [3.8, 4) is 0 Å². The Morgan fingerprint density at radius 1 is 1.78 bits per heavy atom. The van der Waals surface area contributed by atoms with Crippen LogP contribution in [-0.4, -0.2) is 0 Å². The van der Waals surface area contributed by atoms with Gasteiger partial charge in [-0.1, -0.05) is 22.9 Å². The molecule has 0 aliphatic carbocycles. The molecule has 1 aromatic rings. The lowest BCUT2D eigenvalue weighted by Crippen LogP contribution is -1.81. The van der Waals surface area contributed by atoms with Crippen molar-refractivity contribution >= 4 is 15.9 Å². The fourth-order valence-electron chi connectivity index (χ4n) is 0.671. The molecule has 0 aromatic carbocycles. The topological polar surface area (TPSA) is 13.1 Å². The van der Waals surface area contributed by atoms with Gasteiger partial charge in [-0.3, -0.25) is 0 Å². The maximum absolute atomic E-state index is 5.14. The number of alkyl halides is 1. The van der Waals surface area contributed by atoms with Gasteiger partial charge < -0.3 is 4.42 Å². The highest BCUT2D eigenvalue weighted by Crippen LogP contribution is 2.25. The van der Waals surface area contributed by atoms with Crippen molar-refractivity contribution in [2.24, 2.45) is 0 Å². The first-order valence-corrected chi connectivity index (χ1v) is 3.93. The van der Waals surface area contributed by atoms with Crippen molar-refractivity contribution in [1.82, 2.24) is 0 Å². The second-order valence-corrected chi connectivity index (χ2v) is 3.00. The van der Waals surface area contributed by atoms with Crippen LogP contribution in [0.25, 0.3) is 0 Å². The maximum Gasteiger partial charge on any atom is 0.117 e. The van der Waals surface area contributed by atoms with Crippen LogP contribution in [0.3, 0.4) is 0 Å². The Labute approximate surface area is 63.2 Å². The number of hydrogen-bond acceptors (Lipinski definition) is 1. The van der Waals surface area contributed by atoms with Gasteiger partial charge in [0.05, 0.1) is 11.1 Å². The van der Waals surface area contributed by atoms with Crippen LogP contribution < -0.4 is 0 Å². The molecule has 1 aromatic heterocycles. The first kappa shape index (κ1) is 6.87. The summed E-state index contributed by atoms with van der Waals surface area (Å²) in [6, 6.07) is 3.88. The Morgan fingerprint density at radius 3 is 3.00 bits per heavy atom. The fourth-order valence-corrected chi connectivity index (χ4v) is 0.931. The lowest BCUT2D eigenvalue weighted by atomic mass is 10.3. The van der Waals surface area contributed by atoms with Gasteiger partial charge in [-0.25, -0.2) is 0 Å². The van der Waals surface area contributed by atoms with Gasteiger partial charge in [-0.2, -0.15) is 0 Å². The molecule has 1 atom stereocenters. The molecule has 9 heavy (non-hydrogen) atoms. The first-order valence-electron chi connectivity index (χ1n) is 3.02. The van der Waals surface area contributed by atoms with E-state index < -0.39 is 0 Å². The van der Waals surface area contributed by atoms with Crippen molar-refractivity contribution in [3.63, 3.8) is 0 Å². The van der Waals surface area contributed by atoms with Gasteiger partial charge in [0, 0.05) is 0 Å². The quantitative estimate of drug-likeness (QED) is 0.651. The van der Waals surface area contributed by atoms with Gasteiger partial charge in [0.1, 0.15) is 5.76 Å². The predicted octanol–water partition coefficient (Wildman–Crippen LogP) is 3.13. The summed E-state index contributed by atoms with van der Waals surface area (Å²) in [6.07, 6.45) is 2.76. The van der Waals surface area contributed by atoms with E-state index in [0.29, 0.717) is 4.83 Å². The summed E-state index contributed by atoms with van der Waals surface area (Å²) < 4.78 is 5.14. The maximum atomic E-state index is 5.14. The van der Waals surface area contributed by atoms with E-state index in [-0.39, 0.29) is 0 Å². The Morgan fingerprint density at radius 2 is 2.56 bits per heavy atom. The summed E-state index contributed by atoms with van der Waals surface area (Å²) in [5, 5.41) is 0. The molecular formula is C7H9BrO. The third-order valence-electron chi connectivity index (χ3n) is 1.21. The van der Waals surface area contributed by atoms with E-state index in [1.165, 1.54) is 0 Å². The van der Waals surface area contributed by atoms with Crippen molar-refractivity contribution in [2.75, 3.05) is 0 Å². The molecule has 0 fully saturated rings. The Bertz CT molecular complexity index is 157. The van der Waals surface area contributed by atoms with E-state index in [2.05, 4.69) is 22.9 Å². The number of rotatable bonds is 2. The second kappa shape index (κ2) is 3.06. The molecule has 1 unspecified atom stereocenters. The molecule has 0 radical (unpaired) electrons. The zero-order valence-electron chi connectivity index (χ0n) is 5.30. The Kier molecular flexibility index (Phi) is 2.34. The van der Waals surface area contributed by atoms with Crippen LogP contribution in [0.4, 0.5) is 0 Å². The summed E-state index contributed by atoms with van der Waals surface area (Å²) in [5.41, 5.74) is 0. The first-order chi connectivity index (χ1) is 4.34. The molecular weight excluding hydrogens is 180 g/mol. The summed E-state index contributed by atoms with van der Waals surface area (Å²) >= 11 is 3.47. The zero-order chi connectivity index (χ0) is 6.69. The average Bonchev–Trinajstić information content (AvgIpc) is 2.37. The van der Waals surface area contributed by atoms with Crippen molar-refractivity contribution in [3.05, 3.63) is 24.2 Å². The van der Waals surface area contributed by atoms with Crippen molar-refractivity contribution in [1.29, 1.82) is 0 Å². The van der Waals surface area contributed by atoms with Gasteiger partial charge >= 0.3 is 0 Å². The highest BCUT2D eigenvalue weighted by atomic mass is 79.9. The van der Waals surface area contributed by atoms with E-state index in [1.807, 2.05) is 12.1 Å². The van der Waals surface area contributed by atoms with E-state index in [4.69, 9.17) is 4.42 Å². The van der Waals surface area contributed by atoms with E-state index >= 15 is 0 Å². The van der Waals surface area contributed by atoms with E-state index in [0.717, 1.165) is 12.2 Å². The molecule has 1 rings (SSSR count). The van der Waals surface area contributed by atoms with Gasteiger partial charge in [0.15, 0.2) is 0 Å². The molecule has 1 nitrogen and oxygen atoms in total. The molecule has 0 bridgehead atoms. The van der Waals surface area contributed by atoms with Gasteiger partial charge in [-0.05, 0) is 18.6 Å². The minimum atomic E-state index is 0.382. The van der Waals surface area contributed by atoms with Crippen molar-refractivity contribution in [2.45, 2.75) is 18.2 Å². The Hall–Kier alpha value is -0.240. The minimum absolute atomic E-state index is 0.382. The monoisotopic (exact) mass is 188 g/mol. The lowest BCUT2D eigenvalue weighted by Gasteiger charge is -1.99. The number of halogens is 1. The van der Waals surface area contributed by atoms with Crippen LogP contribution >= 0.6 is 15.9 Å². The fraction of sp³-hybridized carbons (Fsp3) is 0.429. The largest absolute Gasteiger partial charge is 0.468 e. The normalized spacial score (nSPS) is 13.6. The minimum Gasteiger partial charge on any atom is -0.468 e. The molecule has 50 valence electrons. The van der Waals surface area contributed by atoms with Gasteiger partial charge in [0.25, 0.3) is 0 Å². The smallest absolute Gasteiger partial charge is 0.117 e. The molecule has 2 heteroatoms. The highest BCUT2D eigenvalue weighted by Gasteiger charge is 2.05. The molecule has 0 aliphatic rings. The zero-order valence-corrected chi connectivity index (χ0v) is 6.89. The highest BCUT2D eigenvalue weighted by molar-refractivity contribution is 9.09. The molecule has 0 saturated carbocycles. The number of furan rings is 1. The third kappa shape index (κ3) is 1.58. The van der Waals surface area contributed by atoms with Crippen LogP contribution in [0.2, 0.25) is 0 Å². The van der Waals surface area contributed by atoms with Gasteiger partial charge in [-0.15, -0.1) is 0 Å². The van der Waals surface area contributed by atoms with Crippen LogP contribution in [0.15, 0.2) is 22.8 Å². The summed E-state index contributed by atoms with van der Waals surface area (Å²) in [6.45, 7) is 2.11.